The molecule has 2 N–H and O–H groups in total. The fourth-order valence-corrected chi connectivity index (χ4v) is 2.09. The third-order valence-electron chi connectivity index (χ3n) is 3.26. The maximum atomic E-state index is 12.0. The van der Waals surface area contributed by atoms with Gasteiger partial charge in [-0.2, -0.15) is 0 Å². The van der Waals surface area contributed by atoms with Crippen LogP contribution in [0.2, 0.25) is 0 Å². The molecule has 1 aliphatic heterocycles. The van der Waals surface area contributed by atoms with E-state index in [0.717, 1.165) is 25.9 Å². The van der Waals surface area contributed by atoms with Gasteiger partial charge in [-0.1, -0.05) is 12.8 Å². The SMILES string of the molecule is CCNC(=O)C(C)NCC(=O)N1CCCCCC1. The van der Waals surface area contributed by atoms with Crippen molar-refractivity contribution in [1.82, 2.24) is 15.5 Å². The smallest absolute Gasteiger partial charge is 0.236 e. The number of likely N-dealkylation sites (N-methyl/N-ethyl adjacent to an activating group) is 1. The van der Waals surface area contributed by atoms with Gasteiger partial charge in [-0.05, 0) is 26.7 Å². The Morgan fingerprint density at radius 1 is 1.17 bits per heavy atom. The summed E-state index contributed by atoms with van der Waals surface area (Å²) >= 11 is 0. The van der Waals surface area contributed by atoms with Gasteiger partial charge in [-0.15, -0.1) is 0 Å². The van der Waals surface area contributed by atoms with E-state index < -0.39 is 0 Å². The Hall–Kier alpha value is -1.10. The van der Waals surface area contributed by atoms with E-state index in [9.17, 15) is 9.59 Å². The summed E-state index contributed by atoms with van der Waals surface area (Å²) in [4.78, 5) is 25.4. The minimum absolute atomic E-state index is 0.0545. The van der Waals surface area contributed by atoms with Crippen molar-refractivity contribution in [3.05, 3.63) is 0 Å². The van der Waals surface area contributed by atoms with Gasteiger partial charge < -0.3 is 10.2 Å². The Bertz CT molecular complexity index is 273. The third-order valence-corrected chi connectivity index (χ3v) is 3.26. The first-order chi connectivity index (χ1) is 8.65. The molecule has 1 rings (SSSR count). The molecule has 1 atom stereocenters. The molecular formula is C13H25N3O2. The largest absolute Gasteiger partial charge is 0.355 e. The fraction of sp³-hybridized carbons (Fsp3) is 0.846. The first kappa shape index (κ1) is 15.0. The number of rotatable bonds is 5. The molecule has 1 heterocycles. The summed E-state index contributed by atoms with van der Waals surface area (Å²) in [7, 11) is 0. The number of hydrogen-bond donors (Lipinski definition) is 2. The van der Waals surface area contributed by atoms with Crippen LogP contribution in [0.1, 0.15) is 39.5 Å². The number of nitrogens with one attached hydrogen (secondary N) is 2. The van der Waals surface area contributed by atoms with Crippen LogP contribution in [0.15, 0.2) is 0 Å². The van der Waals surface area contributed by atoms with E-state index >= 15 is 0 Å². The summed E-state index contributed by atoms with van der Waals surface area (Å²) in [6, 6.07) is -0.319. The summed E-state index contributed by atoms with van der Waals surface area (Å²) in [5, 5.41) is 5.71. The van der Waals surface area contributed by atoms with Gasteiger partial charge in [0.1, 0.15) is 0 Å². The number of hydrogen-bond acceptors (Lipinski definition) is 3. The Morgan fingerprint density at radius 3 is 2.33 bits per heavy atom. The predicted molar refractivity (Wildman–Crippen MR) is 71.2 cm³/mol. The maximum absolute atomic E-state index is 12.0. The molecule has 1 aliphatic rings. The lowest BCUT2D eigenvalue weighted by atomic mass is 10.2. The number of likely N-dealkylation sites (tertiary alicyclic amines) is 1. The third kappa shape index (κ3) is 5.04. The van der Waals surface area contributed by atoms with Crippen LogP contribution in [0.3, 0.4) is 0 Å². The Labute approximate surface area is 109 Å². The second-order valence-electron chi connectivity index (χ2n) is 4.79. The average molecular weight is 255 g/mol. The topological polar surface area (TPSA) is 61.4 Å². The van der Waals surface area contributed by atoms with Gasteiger partial charge in [-0.25, -0.2) is 0 Å². The van der Waals surface area contributed by atoms with Gasteiger partial charge in [-0.3, -0.25) is 14.9 Å². The van der Waals surface area contributed by atoms with Gasteiger partial charge in [0.2, 0.25) is 11.8 Å². The molecular weight excluding hydrogens is 230 g/mol. The van der Waals surface area contributed by atoms with Gasteiger partial charge in [0.15, 0.2) is 0 Å². The summed E-state index contributed by atoms with van der Waals surface area (Å²) in [6.07, 6.45) is 4.62. The second kappa shape index (κ2) is 8.08. The molecule has 0 saturated carbocycles. The van der Waals surface area contributed by atoms with Crippen molar-refractivity contribution in [2.24, 2.45) is 0 Å². The lowest BCUT2D eigenvalue weighted by Crippen LogP contribution is -2.47. The van der Waals surface area contributed by atoms with E-state index in [1.807, 2.05) is 11.8 Å². The molecule has 104 valence electrons. The van der Waals surface area contributed by atoms with Crippen LogP contribution < -0.4 is 10.6 Å². The highest BCUT2D eigenvalue weighted by atomic mass is 16.2. The van der Waals surface area contributed by atoms with Gasteiger partial charge in [0.25, 0.3) is 0 Å². The Morgan fingerprint density at radius 2 is 1.78 bits per heavy atom. The van der Waals surface area contributed by atoms with Crippen LogP contribution in [-0.2, 0) is 9.59 Å². The first-order valence-corrected chi connectivity index (χ1v) is 6.94. The van der Waals surface area contributed by atoms with E-state index in [0.29, 0.717) is 6.54 Å². The van der Waals surface area contributed by atoms with E-state index in [2.05, 4.69) is 10.6 Å². The molecule has 1 fully saturated rings. The molecule has 0 radical (unpaired) electrons. The number of carbonyl (C=O) groups excluding carboxylic acids is 2. The van der Waals surface area contributed by atoms with Gasteiger partial charge in [0.05, 0.1) is 12.6 Å². The normalized spacial score (nSPS) is 18.0. The van der Waals surface area contributed by atoms with Crippen LogP contribution >= 0.6 is 0 Å². The van der Waals surface area contributed by atoms with Crippen molar-refractivity contribution in [3.8, 4) is 0 Å². The quantitative estimate of drug-likeness (QED) is 0.752. The fourth-order valence-electron chi connectivity index (χ4n) is 2.09. The lowest BCUT2D eigenvalue weighted by Gasteiger charge is -2.21. The van der Waals surface area contributed by atoms with Crippen LogP contribution in [-0.4, -0.2) is 48.9 Å². The van der Waals surface area contributed by atoms with Crippen LogP contribution in [0, 0.1) is 0 Å². The predicted octanol–water partition coefficient (Wildman–Crippen LogP) is 0.503. The van der Waals surface area contributed by atoms with E-state index in [-0.39, 0.29) is 24.4 Å². The van der Waals surface area contributed by atoms with Crippen LogP contribution in [0.25, 0.3) is 0 Å². The highest BCUT2D eigenvalue weighted by Crippen LogP contribution is 2.09. The van der Waals surface area contributed by atoms with E-state index in [1.54, 1.807) is 6.92 Å². The number of carbonyl (C=O) groups is 2. The molecule has 0 aromatic rings. The van der Waals surface area contributed by atoms with Gasteiger partial charge in [0, 0.05) is 19.6 Å². The number of nitrogens with zero attached hydrogens (tertiary/aromatic N) is 1. The molecule has 5 nitrogen and oxygen atoms in total. The minimum atomic E-state index is -0.319. The number of amides is 2. The summed E-state index contributed by atoms with van der Waals surface area (Å²) < 4.78 is 0. The lowest BCUT2D eigenvalue weighted by molar-refractivity contribution is -0.130. The molecule has 2 amide bonds. The molecule has 5 heteroatoms. The van der Waals surface area contributed by atoms with Crippen molar-refractivity contribution < 1.29 is 9.59 Å². The molecule has 0 aliphatic carbocycles. The van der Waals surface area contributed by atoms with Crippen molar-refractivity contribution >= 4 is 11.8 Å². The highest BCUT2D eigenvalue weighted by Gasteiger charge is 2.17. The summed E-state index contributed by atoms with van der Waals surface area (Å²) in [6.45, 7) is 6.24. The summed E-state index contributed by atoms with van der Waals surface area (Å²) in [5.41, 5.74) is 0. The zero-order valence-corrected chi connectivity index (χ0v) is 11.5. The zero-order valence-electron chi connectivity index (χ0n) is 11.5. The Balaban J connectivity index is 2.28. The van der Waals surface area contributed by atoms with E-state index in [4.69, 9.17) is 0 Å². The molecule has 18 heavy (non-hydrogen) atoms. The van der Waals surface area contributed by atoms with Crippen molar-refractivity contribution in [2.45, 2.75) is 45.6 Å². The van der Waals surface area contributed by atoms with Crippen molar-refractivity contribution in [1.29, 1.82) is 0 Å². The molecule has 0 aromatic heterocycles. The second-order valence-corrected chi connectivity index (χ2v) is 4.79. The first-order valence-electron chi connectivity index (χ1n) is 6.94. The summed E-state index contributed by atoms with van der Waals surface area (Å²) in [5.74, 6) is 0.0502. The standard InChI is InChI=1S/C13H25N3O2/c1-3-14-13(18)11(2)15-10-12(17)16-8-6-4-5-7-9-16/h11,15H,3-10H2,1-2H3,(H,14,18). The molecule has 0 bridgehead atoms. The van der Waals surface area contributed by atoms with Crippen LogP contribution in [0.5, 0.6) is 0 Å². The molecule has 0 spiro atoms. The molecule has 1 saturated heterocycles. The highest BCUT2D eigenvalue weighted by molar-refractivity contribution is 5.83. The van der Waals surface area contributed by atoms with Crippen LogP contribution in [0.4, 0.5) is 0 Å². The monoisotopic (exact) mass is 255 g/mol. The maximum Gasteiger partial charge on any atom is 0.236 e. The van der Waals surface area contributed by atoms with Gasteiger partial charge >= 0.3 is 0 Å². The van der Waals surface area contributed by atoms with Crippen molar-refractivity contribution in [2.75, 3.05) is 26.2 Å². The zero-order chi connectivity index (χ0) is 13.4. The molecule has 0 aromatic carbocycles. The minimum Gasteiger partial charge on any atom is -0.355 e. The Kier molecular flexibility index (Phi) is 6.72. The van der Waals surface area contributed by atoms with Crippen molar-refractivity contribution in [3.63, 3.8) is 0 Å². The average Bonchev–Trinajstić information content (AvgIpc) is 2.64. The molecule has 1 unspecified atom stereocenters. The van der Waals surface area contributed by atoms with E-state index in [1.165, 1.54) is 12.8 Å².